The van der Waals surface area contributed by atoms with Crippen LogP contribution in [0.15, 0.2) is 18.2 Å². The molecule has 1 amide bonds. The van der Waals surface area contributed by atoms with Gasteiger partial charge in [-0.05, 0) is 49.8 Å². The number of nitrogens with one attached hydrogen (secondary N) is 2. The number of carbonyl (C=O) groups is 1. The Morgan fingerprint density at radius 1 is 1.32 bits per heavy atom. The predicted molar refractivity (Wildman–Crippen MR) is 93.4 cm³/mol. The van der Waals surface area contributed by atoms with Crippen molar-refractivity contribution in [1.29, 1.82) is 0 Å². The first-order chi connectivity index (χ1) is 10.4. The minimum absolute atomic E-state index is 0.00390. The molecule has 1 aromatic carbocycles. The second kappa shape index (κ2) is 7.47. The number of carbonyl (C=O) groups excluding carboxylic acids is 1. The van der Waals surface area contributed by atoms with E-state index in [0.717, 1.165) is 23.6 Å². The van der Waals surface area contributed by atoms with E-state index in [-0.39, 0.29) is 11.9 Å². The second-order valence-electron chi connectivity index (χ2n) is 6.71. The molecule has 3 nitrogen and oxygen atoms in total. The molecular weight excluding hydrogens is 296 g/mol. The van der Waals surface area contributed by atoms with Crippen LogP contribution in [0, 0.1) is 18.8 Å². The van der Waals surface area contributed by atoms with Gasteiger partial charge in [0, 0.05) is 16.8 Å². The van der Waals surface area contributed by atoms with Gasteiger partial charge in [-0.1, -0.05) is 44.4 Å². The van der Waals surface area contributed by atoms with Crippen LogP contribution in [0.25, 0.3) is 0 Å². The molecule has 2 N–H and O–H groups in total. The van der Waals surface area contributed by atoms with E-state index >= 15 is 0 Å². The summed E-state index contributed by atoms with van der Waals surface area (Å²) in [6, 6.07) is 5.76. The molecule has 1 aromatic rings. The van der Waals surface area contributed by atoms with Gasteiger partial charge in [-0.3, -0.25) is 4.79 Å². The van der Waals surface area contributed by atoms with Gasteiger partial charge in [0.15, 0.2) is 0 Å². The molecule has 0 aromatic heterocycles. The molecule has 0 heterocycles. The molecule has 1 fully saturated rings. The Kier molecular flexibility index (Phi) is 5.87. The summed E-state index contributed by atoms with van der Waals surface area (Å²) in [5, 5.41) is 7.12. The van der Waals surface area contributed by atoms with Crippen LogP contribution in [0.2, 0.25) is 5.02 Å². The van der Waals surface area contributed by atoms with Gasteiger partial charge >= 0.3 is 0 Å². The van der Waals surface area contributed by atoms with E-state index in [9.17, 15) is 4.79 Å². The zero-order valence-electron chi connectivity index (χ0n) is 13.9. The fraction of sp³-hybridized carbons (Fsp3) is 0.611. The average molecular weight is 323 g/mol. The average Bonchev–Trinajstić information content (AvgIpc) is 2.47. The minimum atomic E-state index is -0.212. The summed E-state index contributed by atoms with van der Waals surface area (Å²) in [4.78, 5) is 12.4. The lowest BCUT2D eigenvalue weighted by Gasteiger charge is -2.36. The van der Waals surface area contributed by atoms with Gasteiger partial charge in [0.25, 0.3) is 0 Å². The molecular formula is C18H27ClN2O. The molecule has 0 bridgehead atoms. The van der Waals surface area contributed by atoms with Crippen LogP contribution >= 0.6 is 11.6 Å². The first-order valence-corrected chi connectivity index (χ1v) is 8.59. The van der Waals surface area contributed by atoms with E-state index in [0.29, 0.717) is 17.0 Å². The minimum Gasteiger partial charge on any atom is -0.324 e. The second-order valence-corrected chi connectivity index (χ2v) is 7.15. The zero-order chi connectivity index (χ0) is 16.3. The molecule has 22 heavy (non-hydrogen) atoms. The Bertz CT molecular complexity index is 532. The van der Waals surface area contributed by atoms with Crippen LogP contribution in [-0.2, 0) is 4.79 Å². The zero-order valence-corrected chi connectivity index (χ0v) is 14.7. The monoisotopic (exact) mass is 322 g/mol. The fourth-order valence-electron chi connectivity index (χ4n) is 3.18. The molecule has 0 radical (unpaired) electrons. The number of hydrogen-bond acceptors (Lipinski definition) is 2. The summed E-state index contributed by atoms with van der Waals surface area (Å²) in [6.07, 6.45) is 3.69. The summed E-state index contributed by atoms with van der Waals surface area (Å²) in [5.74, 6) is 1.32. The molecule has 0 saturated heterocycles. The lowest BCUT2D eigenvalue weighted by molar-refractivity contribution is -0.118. The van der Waals surface area contributed by atoms with Gasteiger partial charge in [-0.25, -0.2) is 0 Å². The van der Waals surface area contributed by atoms with Crippen LogP contribution in [-0.4, -0.2) is 18.0 Å². The molecule has 1 aliphatic rings. The standard InChI is InChI=1S/C18H27ClN2O/c1-11-6-5-7-16(13(11)3)20-14(4)18(22)21-17-10-15(19)9-8-12(17)2/h8-11,13-14,16,20H,5-7H2,1-4H3,(H,21,22). The van der Waals surface area contributed by atoms with Crippen LogP contribution in [0.5, 0.6) is 0 Å². The van der Waals surface area contributed by atoms with E-state index in [4.69, 9.17) is 11.6 Å². The number of rotatable bonds is 4. The third-order valence-corrected chi connectivity index (χ3v) is 5.26. The highest BCUT2D eigenvalue weighted by Crippen LogP contribution is 2.29. The van der Waals surface area contributed by atoms with Crippen molar-refractivity contribution in [3.63, 3.8) is 0 Å². The molecule has 0 aliphatic heterocycles. The molecule has 4 heteroatoms. The van der Waals surface area contributed by atoms with Gasteiger partial charge < -0.3 is 10.6 Å². The highest BCUT2D eigenvalue weighted by Gasteiger charge is 2.29. The van der Waals surface area contributed by atoms with Crippen molar-refractivity contribution in [2.24, 2.45) is 11.8 Å². The highest BCUT2D eigenvalue weighted by atomic mass is 35.5. The van der Waals surface area contributed by atoms with Crippen molar-refractivity contribution in [2.75, 3.05) is 5.32 Å². The topological polar surface area (TPSA) is 41.1 Å². The lowest BCUT2D eigenvalue weighted by atomic mass is 9.78. The lowest BCUT2D eigenvalue weighted by Crippen LogP contribution is -2.49. The van der Waals surface area contributed by atoms with E-state index in [1.54, 1.807) is 6.07 Å². The molecule has 1 saturated carbocycles. The Morgan fingerprint density at radius 2 is 2.05 bits per heavy atom. The van der Waals surface area contributed by atoms with Gasteiger partial charge in [-0.2, -0.15) is 0 Å². The van der Waals surface area contributed by atoms with Crippen molar-refractivity contribution in [3.8, 4) is 0 Å². The van der Waals surface area contributed by atoms with Crippen LogP contribution < -0.4 is 10.6 Å². The highest BCUT2D eigenvalue weighted by molar-refractivity contribution is 6.31. The number of anilines is 1. The maximum atomic E-state index is 12.4. The Balaban J connectivity index is 1.96. The Labute approximate surface area is 138 Å². The number of benzene rings is 1. The maximum absolute atomic E-state index is 12.4. The largest absolute Gasteiger partial charge is 0.324 e. The molecule has 4 unspecified atom stereocenters. The summed E-state index contributed by atoms with van der Waals surface area (Å²) in [5.41, 5.74) is 1.81. The number of hydrogen-bond donors (Lipinski definition) is 2. The first-order valence-electron chi connectivity index (χ1n) is 8.21. The van der Waals surface area contributed by atoms with Gasteiger partial charge in [0.1, 0.15) is 0 Å². The van der Waals surface area contributed by atoms with Gasteiger partial charge in [0.05, 0.1) is 6.04 Å². The van der Waals surface area contributed by atoms with Crippen LogP contribution in [0.1, 0.15) is 45.6 Å². The van der Waals surface area contributed by atoms with Gasteiger partial charge in [0.2, 0.25) is 5.91 Å². The molecule has 4 atom stereocenters. The van der Waals surface area contributed by atoms with Crippen molar-refractivity contribution >= 4 is 23.2 Å². The predicted octanol–water partition coefficient (Wildman–Crippen LogP) is 4.39. The van der Waals surface area contributed by atoms with E-state index in [1.807, 2.05) is 26.0 Å². The summed E-state index contributed by atoms with van der Waals surface area (Å²) in [7, 11) is 0. The van der Waals surface area contributed by atoms with Crippen LogP contribution in [0.3, 0.4) is 0 Å². The third-order valence-electron chi connectivity index (χ3n) is 5.02. The summed E-state index contributed by atoms with van der Waals surface area (Å²) >= 11 is 6.00. The van der Waals surface area contributed by atoms with E-state index < -0.39 is 0 Å². The van der Waals surface area contributed by atoms with Crippen molar-refractivity contribution in [3.05, 3.63) is 28.8 Å². The molecule has 0 spiro atoms. The van der Waals surface area contributed by atoms with Crippen molar-refractivity contribution < 1.29 is 4.79 Å². The first kappa shape index (κ1) is 17.3. The smallest absolute Gasteiger partial charge is 0.241 e. The quantitative estimate of drug-likeness (QED) is 0.863. The maximum Gasteiger partial charge on any atom is 0.241 e. The normalized spacial score (nSPS) is 26.5. The SMILES string of the molecule is Cc1ccc(Cl)cc1NC(=O)C(C)NC1CCCC(C)C1C. The summed E-state index contributed by atoms with van der Waals surface area (Å²) in [6.45, 7) is 8.49. The number of halogens is 1. The molecule has 122 valence electrons. The molecule has 1 aliphatic carbocycles. The Hall–Kier alpha value is -1.06. The van der Waals surface area contributed by atoms with E-state index in [2.05, 4.69) is 24.5 Å². The van der Waals surface area contributed by atoms with Crippen LogP contribution in [0.4, 0.5) is 5.69 Å². The van der Waals surface area contributed by atoms with Gasteiger partial charge in [-0.15, -0.1) is 0 Å². The van der Waals surface area contributed by atoms with Crippen molar-refractivity contribution in [1.82, 2.24) is 5.32 Å². The van der Waals surface area contributed by atoms with Crippen molar-refractivity contribution in [2.45, 2.75) is 59.0 Å². The fourth-order valence-corrected chi connectivity index (χ4v) is 3.36. The number of amides is 1. The molecule has 2 rings (SSSR count). The summed E-state index contributed by atoms with van der Waals surface area (Å²) < 4.78 is 0. The Morgan fingerprint density at radius 3 is 2.77 bits per heavy atom. The van der Waals surface area contributed by atoms with E-state index in [1.165, 1.54) is 12.8 Å². The third kappa shape index (κ3) is 4.23. The number of aryl methyl sites for hydroxylation is 1.